The molecule has 4 nitrogen and oxygen atoms in total. The first kappa shape index (κ1) is 13.7. The second-order valence-corrected chi connectivity index (χ2v) is 2.77. The highest BCUT2D eigenvalue weighted by molar-refractivity contribution is 5.85. The smallest absolute Gasteiger partial charge is 0.327 e. The normalized spacial score (nSPS) is 11.1. The lowest BCUT2D eigenvalue weighted by Gasteiger charge is -2.09. The van der Waals surface area contributed by atoms with Gasteiger partial charge in [0.25, 0.3) is 0 Å². The SMILES string of the molecule is COC(=O)C(N)c1ccc(OC)cc1.Cl. The van der Waals surface area contributed by atoms with Crippen molar-refractivity contribution in [1.82, 2.24) is 0 Å². The van der Waals surface area contributed by atoms with Gasteiger partial charge in [0.1, 0.15) is 11.8 Å². The largest absolute Gasteiger partial charge is 0.497 e. The van der Waals surface area contributed by atoms with Crippen LogP contribution in [0.1, 0.15) is 11.6 Å². The van der Waals surface area contributed by atoms with Crippen molar-refractivity contribution in [3.05, 3.63) is 29.8 Å². The highest BCUT2D eigenvalue weighted by Crippen LogP contribution is 2.16. The molecule has 5 heteroatoms. The van der Waals surface area contributed by atoms with Crippen molar-refractivity contribution in [3.63, 3.8) is 0 Å². The molecule has 0 aliphatic heterocycles. The number of hydrogen-bond donors (Lipinski definition) is 1. The average Bonchev–Trinajstić information content (AvgIpc) is 2.27. The Morgan fingerprint density at radius 1 is 1.27 bits per heavy atom. The lowest BCUT2D eigenvalue weighted by Crippen LogP contribution is -2.22. The third kappa shape index (κ3) is 3.42. The molecule has 0 aliphatic carbocycles. The number of carbonyl (C=O) groups is 1. The molecular formula is C10H14ClNO3. The van der Waals surface area contributed by atoms with Crippen LogP contribution in [0.15, 0.2) is 24.3 Å². The highest BCUT2D eigenvalue weighted by atomic mass is 35.5. The van der Waals surface area contributed by atoms with Crippen LogP contribution < -0.4 is 10.5 Å². The second-order valence-electron chi connectivity index (χ2n) is 2.77. The summed E-state index contributed by atoms with van der Waals surface area (Å²) in [6.07, 6.45) is 0. The number of rotatable bonds is 3. The van der Waals surface area contributed by atoms with Gasteiger partial charge in [0, 0.05) is 0 Å². The Balaban J connectivity index is 0.00000196. The van der Waals surface area contributed by atoms with E-state index in [0.717, 1.165) is 5.75 Å². The number of esters is 1. The molecular weight excluding hydrogens is 218 g/mol. The summed E-state index contributed by atoms with van der Waals surface area (Å²) < 4.78 is 9.51. The predicted molar refractivity (Wildman–Crippen MR) is 59.2 cm³/mol. The van der Waals surface area contributed by atoms with Gasteiger partial charge in [-0.25, -0.2) is 0 Å². The van der Waals surface area contributed by atoms with Crippen molar-refractivity contribution < 1.29 is 14.3 Å². The van der Waals surface area contributed by atoms with Gasteiger partial charge in [0.05, 0.1) is 14.2 Å². The Hall–Kier alpha value is -1.26. The zero-order valence-corrected chi connectivity index (χ0v) is 9.41. The zero-order chi connectivity index (χ0) is 10.6. The maximum absolute atomic E-state index is 11.1. The summed E-state index contributed by atoms with van der Waals surface area (Å²) in [5.41, 5.74) is 6.33. The molecule has 0 bridgehead atoms. The number of hydrogen-bond acceptors (Lipinski definition) is 4. The minimum absolute atomic E-state index is 0. The first-order valence-electron chi connectivity index (χ1n) is 4.16. The number of halogens is 1. The van der Waals surface area contributed by atoms with Crippen molar-refractivity contribution >= 4 is 18.4 Å². The highest BCUT2D eigenvalue weighted by Gasteiger charge is 2.15. The van der Waals surface area contributed by atoms with Crippen molar-refractivity contribution in [2.75, 3.05) is 14.2 Å². The minimum atomic E-state index is -0.731. The van der Waals surface area contributed by atoms with E-state index < -0.39 is 12.0 Å². The predicted octanol–water partition coefficient (Wildman–Crippen LogP) is 1.29. The van der Waals surface area contributed by atoms with E-state index in [-0.39, 0.29) is 12.4 Å². The van der Waals surface area contributed by atoms with Gasteiger partial charge in [-0.1, -0.05) is 12.1 Å². The van der Waals surface area contributed by atoms with Gasteiger partial charge < -0.3 is 15.2 Å². The molecule has 0 saturated heterocycles. The molecule has 0 heterocycles. The van der Waals surface area contributed by atoms with E-state index in [2.05, 4.69) is 4.74 Å². The second kappa shape index (κ2) is 6.27. The standard InChI is InChI=1S/C10H13NO3.ClH/c1-13-8-5-3-7(4-6-8)9(11)10(12)14-2;/h3-6,9H,11H2,1-2H3;1H. The molecule has 0 aliphatic rings. The lowest BCUT2D eigenvalue weighted by atomic mass is 10.1. The fourth-order valence-electron chi connectivity index (χ4n) is 1.07. The molecule has 1 atom stereocenters. The van der Waals surface area contributed by atoms with Crippen LogP contribution in [0.4, 0.5) is 0 Å². The fourth-order valence-corrected chi connectivity index (χ4v) is 1.07. The summed E-state index contributed by atoms with van der Waals surface area (Å²) in [6, 6.07) is 6.24. The summed E-state index contributed by atoms with van der Waals surface area (Å²) in [4.78, 5) is 11.1. The molecule has 0 aromatic heterocycles. The maximum atomic E-state index is 11.1. The quantitative estimate of drug-likeness (QED) is 0.797. The van der Waals surface area contributed by atoms with E-state index in [1.165, 1.54) is 7.11 Å². The number of benzene rings is 1. The number of nitrogens with two attached hydrogens (primary N) is 1. The Bertz CT molecular complexity index is 313. The molecule has 0 fully saturated rings. The minimum Gasteiger partial charge on any atom is -0.497 e. The monoisotopic (exact) mass is 231 g/mol. The molecule has 0 amide bonds. The summed E-state index contributed by atoms with van der Waals surface area (Å²) >= 11 is 0. The van der Waals surface area contributed by atoms with Gasteiger partial charge in [-0.05, 0) is 17.7 Å². The third-order valence-electron chi connectivity index (χ3n) is 1.93. The summed E-state index contributed by atoms with van der Waals surface area (Å²) in [7, 11) is 2.89. The van der Waals surface area contributed by atoms with Gasteiger partial charge in [0.2, 0.25) is 0 Å². The topological polar surface area (TPSA) is 61.5 Å². The molecule has 1 unspecified atom stereocenters. The molecule has 0 saturated carbocycles. The van der Waals surface area contributed by atoms with Crippen LogP contribution in [0.3, 0.4) is 0 Å². The Labute approximate surface area is 94.8 Å². The molecule has 1 rings (SSSR count). The van der Waals surface area contributed by atoms with Crippen LogP contribution >= 0.6 is 12.4 Å². The number of methoxy groups -OCH3 is 2. The van der Waals surface area contributed by atoms with Crippen molar-refractivity contribution in [2.24, 2.45) is 5.73 Å². The van der Waals surface area contributed by atoms with Crippen LogP contribution in [0.5, 0.6) is 5.75 Å². The molecule has 84 valence electrons. The van der Waals surface area contributed by atoms with Gasteiger partial charge >= 0.3 is 5.97 Å². The summed E-state index contributed by atoms with van der Waals surface area (Å²) in [5, 5.41) is 0. The average molecular weight is 232 g/mol. The zero-order valence-electron chi connectivity index (χ0n) is 8.60. The van der Waals surface area contributed by atoms with E-state index in [1.807, 2.05) is 0 Å². The van der Waals surface area contributed by atoms with Crippen molar-refractivity contribution in [1.29, 1.82) is 0 Å². The van der Waals surface area contributed by atoms with Crippen LogP contribution in [0.25, 0.3) is 0 Å². The number of carbonyl (C=O) groups excluding carboxylic acids is 1. The molecule has 0 spiro atoms. The van der Waals surface area contributed by atoms with E-state index in [4.69, 9.17) is 10.5 Å². The van der Waals surface area contributed by atoms with E-state index in [9.17, 15) is 4.79 Å². The Morgan fingerprint density at radius 3 is 2.20 bits per heavy atom. The molecule has 2 N–H and O–H groups in total. The molecule has 1 aromatic rings. The first-order valence-corrected chi connectivity index (χ1v) is 4.16. The molecule has 15 heavy (non-hydrogen) atoms. The van der Waals surface area contributed by atoms with Crippen molar-refractivity contribution in [2.45, 2.75) is 6.04 Å². The van der Waals surface area contributed by atoms with Crippen LogP contribution in [0, 0.1) is 0 Å². The van der Waals surface area contributed by atoms with Crippen molar-refractivity contribution in [3.8, 4) is 5.75 Å². The van der Waals surface area contributed by atoms with Gasteiger partial charge in [-0.15, -0.1) is 12.4 Å². The fraction of sp³-hybridized carbons (Fsp3) is 0.300. The van der Waals surface area contributed by atoms with Crippen LogP contribution in [-0.2, 0) is 9.53 Å². The van der Waals surface area contributed by atoms with E-state index in [0.29, 0.717) is 5.56 Å². The van der Waals surface area contributed by atoms with Gasteiger partial charge in [-0.2, -0.15) is 0 Å². The van der Waals surface area contributed by atoms with E-state index in [1.54, 1.807) is 31.4 Å². The Kier molecular flexibility index (Phi) is 5.74. The number of ether oxygens (including phenoxy) is 2. The van der Waals surface area contributed by atoms with Crippen LogP contribution in [-0.4, -0.2) is 20.2 Å². The maximum Gasteiger partial charge on any atom is 0.327 e. The third-order valence-corrected chi connectivity index (χ3v) is 1.93. The van der Waals surface area contributed by atoms with E-state index >= 15 is 0 Å². The molecule has 1 aromatic carbocycles. The first-order chi connectivity index (χ1) is 6.69. The lowest BCUT2D eigenvalue weighted by molar-refractivity contribution is -0.142. The van der Waals surface area contributed by atoms with Gasteiger partial charge in [-0.3, -0.25) is 4.79 Å². The summed E-state index contributed by atoms with van der Waals surface area (Å²) in [6.45, 7) is 0. The molecule has 0 radical (unpaired) electrons. The Morgan fingerprint density at radius 2 is 1.80 bits per heavy atom. The van der Waals surface area contributed by atoms with Crippen LogP contribution in [0.2, 0.25) is 0 Å². The van der Waals surface area contributed by atoms with Gasteiger partial charge in [0.15, 0.2) is 0 Å². The summed E-state index contributed by atoms with van der Waals surface area (Å²) in [5.74, 6) is 0.279.